The van der Waals surface area contributed by atoms with Crippen molar-refractivity contribution in [3.8, 4) is 0 Å². The van der Waals surface area contributed by atoms with Gasteiger partial charge in [0.15, 0.2) is 0 Å². The van der Waals surface area contributed by atoms with Crippen molar-refractivity contribution >= 4 is 23.1 Å². The van der Waals surface area contributed by atoms with E-state index in [1.54, 1.807) is 0 Å². The summed E-state index contributed by atoms with van der Waals surface area (Å²) in [5, 5.41) is 0. The van der Waals surface area contributed by atoms with E-state index < -0.39 is 0 Å². The second-order valence-corrected chi connectivity index (χ2v) is 1.10. The molecule has 0 aromatic rings. The summed E-state index contributed by atoms with van der Waals surface area (Å²) in [6.07, 6.45) is 0. The van der Waals surface area contributed by atoms with Crippen LogP contribution in [0.4, 0.5) is 0 Å². The van der Waals surface area contributed by atoms with Crippen molar-refractivity contribution in [1.82, 2.24) is 0 Å². The Balaban J connectivity index is -0.0000000600. The molecule has 0 aromatic heterocycles. The molecule has 0 saturated carbocycles. The fourth-order valence-corrected chi connectivity index (χ4v) is 0.226. The summed E-state index contributed by atoms with van der Waals surface area (Å²) in [7, 11) is 0. The van der Waals surface area contributed by atoms with E-state index in [9.17, 15) is 0 Å². The van der Waals surface area contributed by atoms with Gasteiger partial charge in [-0.1, -0.05) is 0 Å². The molecule has 3 heteroatoms. The second-order valence-electron chi connectivity index (χ2n) is 1.10. The van der Waals surface area contributed by atoms with E-state index in [4.69, 9.17) is 9.47 Å². The SMILES string of the molecule is CCOCOCC.[H-].[H-].[Mg+2]. The predicted octanol–water partition coefficient (Wildman–Crippen LogP) is 0.861. The number of hydrogen-bond acceptors (Lipinski definition) is 2. The van der Waals surface area contributed by atoms with Crippen LogP contribution >= 0.6 is 0 Å². The van der Waals surface area contributed by atoms with Crippen LogP contribution in [0.2, 0.25) is 0 Å². The molecule has 0 rings (SSSR count). The summed E-state index contributed by atoms with van der Waals surface area (Å²) < 4.78 is 9.70. The molecule has 0 unspecified atom stereocenters. The van der Waals surface area contributed by atoms with Crippen molar-refractivity contribution in [1.29, 1.82) is 0 Å². The molecule has 8 heavy (non-hydrogen) atoms. The number of rotatable bonds is 4. The molecule has 0 radical (unpaired) electrons. The smallest absolute Gasteiger partial charge is 1.00 e. The summed E-state index contributed by atoms with van der Waals surface area (Å²) in [4.78, 5) is 0. The van der Waals surface area contributed by atoms with Gasteiger partial charge in [0.1, 0.15) is 6.79 Å². The Morgan fingerprint density at radius 3 is 1.75 bits per heavy atom. The van der Waals surface area contributed by atoms with Crippen LogP contribution in [0.1, 0.15) is 16.7 Å². The third-order valence-corrected chi connectivity index (χ3v) is 0.575. The summed E-state index contributed by atoms with van der Waals surface area (Å²) in [5.74, 6) is 0. The molecule has 0 atom stereocenters. The molecular weight excluding hydrogens is 116 g/mol. The molecule has 0 N–H and O–H groups in total. The molecule has 0 spiro atoms. The number of ether oxygens (including phenoxy) is 2. The topological polar surface area (TPSA) is 18.5 Å². The Hall–Kier alpha value is 0.686. The summed E-state index contributed by atoms with van der Waals surface area (Å²) in [6.45, 7) is 5.80. The van der Waals surface area contributed by atoms with Crippen LogP contribution in [0, 0.1) is 0 Å². The standard InChI is InChI=1S/C5H12O2.Mg.2H/c1-3-6-5-7-4-2;;;/h3-5H2,1-2H3;;;/q;+2;2*-1. The first kappa shape index (κ1) is 11.5. The minimum absolute atomic E-state index is 0. The first-order chi connectivity index (χ1) is 3.41. The third-order valence-electron chi connectivity index (χ3n) is 0.575. The van der Waals surface area contributed by atoms with E-state index in [1.165, 1.54) is 0 Å². The van der Waals surface area contributed by atoms with E-state index in [0.29, 0.717) is 6.79 Å². The predicted molar refractivity (Wildman–Crippen MR) is 36.1 cm³/mol. The Morgan fingerprint density at radius 1 is 1.12 bits per heavy atom. The zero-order valence-corrected chi connectivity index (χ0v) is 7.06. The van der Waals surface area contributed by atoms with Gasteiger partial charge in [0, 0.05) is 13.2 Å². The molecule has 0 aliphatic carbocycles. The van der Waals surface area contributed by atoms with Gasteiger partial charge in [-0.05, 0) is 13.8 Å². The average molecular weight is 130 g/mol. The maximum absolute atomic E-state index is 4.85. The maximum atomic E-state index is 4.85. The van der Waals surface area contributed by atoms with Gasteiger partial charge in [0.25, 0.3) is 0 Å². The van der Waals surface area contributed by atoms with Gasteiger partial charge in [0.05, 0.1) is 0 Å². The van der Waals surface area contributed by atoms with Crippen molar-refractivity contribution < 1.29 is 12.3 Å². The molecule has 0 fully saturated rings. The van der Waals surface area contributed by atoms with Gasteiger partial charge in [-0.3, -0.25) is 0 Å². The van der Waals surface area contributed by atoms with Crippen molar-refractivity contribution in [2.45, 2.75) is 13.8 Å². The molecule has 0 amide bonds. The molecule has 2 nitrogen and oxygen atoms in total. The fraction of sp³-hybridized carbons (Fsp3) is 1.00. The Kier molecular flexibility index (Phi) is 15.2. The van der Waals surface area contributed by atoms with Crippen LogP contribution in [-0.2, 0) is 9.47 Å². The van der Waals surface area contributed by atoms with Crippen molar-refractivity contribution in [3.63, 3.8) is 0 Å². The van der Waals surface area contributed by atoms with Crippen molar-refractivity contribution in [2.24, 2.45) is 0 Å². The average Bonchev–Trinajstić information content (AvgIpc) is 1.69. The van der Waals surface area contributed by atoms with Crippen LogP contribution in [0.25, 0.3) is 0 Å². The first-order valence-electron chi connectivity index (χ1n) is 2.57. The number of hydrogen-bond donors (Lipinski definition) is 0. The summed E-state index contributed by atoms with van der Waals surface area (Å²) in [5.41, 5.74) is 0. The van der Waals surface area contributed by atoms with Gasteiger partial charge in [-0.15, -0.1) is 0 Å². The molecule has 0 aliphatic heterocycles. The van der Waals surface area contributed by atoms with Crippen LogP contribution in [0.15, 0.2) is 0 Å². The van der Waals surface area contributed by atoms with E-state index in [-0.39, 0.29) is 25.9 Å². The Labute approximate surface area is 69.7 Å². The third kappa shape index (κ3) is 9.84. The van der Waals surface area contributed by atoms with Gasteiger partial charge in [-0.2, -0.15) is 0 Å². The van der Waals surface area contributed by atoms with Crippen LogP contribution in [0.3, 0.4) is 0 Å². The molecule has 0 bridgehead atoms. The van der Waals surface area contributed by atoms with Gasteiger partial charge in [0.2, 0.25) is 0 Å². The first-order valence-corrected chi connectivity index (χ1v) is 2.57. The molecule has 48 valence electrons. The fourth-order valence-electron chi connectivity index (χ4n) is 0.226. The van der Waals surface area contributed by atoms with Crippen LogP contribution in [0.5, 0.6) is 0 Å². The van der Waals surface area contributed by atoms with Gasteiger partial charge >= 0.3 is 23.1 Å². The van der Waals surface area contributed by atoms with Crippen molar-refractivity contribution in [2.75, 3.05) is 20.0 Å². The Morgan fingerprint density at radius 2 is 1.50 bits per heavy atom. The molecular formula is C5H14MgO2. The quantitative estimate of drug-likeness (QED) is 0.319. The zero-order valence-electron chi connectivity index (χ0n) is 7.64. The largest absolute Gasteiger partial charge is 2.00 e. The minimum Gasteiger partial charge on any atom is -1.00 e. The second kappa shape index (κ2) is 10.6. The molecule has 0 heterocycles. The maximum Gasteiger partial charge on any atom is 2.00 e. The van der Waals surface area contributed by atoms with E-state index in [1.807, 2.05) is 13.8 Å². The van der Waals surface area contributed by atoms with E-state index in [2.05, 4.69) is 0 Å². The summed E-state index contributed by atoms with van der Waals surface area (Å²) in [6, 6.07) is 0. The zero-order chi connectivity index (χ0) is 5.54. The Bertz CT molecular complexity index is 36.8. The molecule has 0 saturated heterocycles. The van der Waals surface area contributed by atoms with Crippen molar-refractivity contribution in [3.05, 3.63) is 0 Å². The van der Waals surface area contributed by atoms with Gasteiger partial charge < -0.3 is 12.3 Å². The molecule has 0 aliphatic rings. The normalized spacial score (nSPS) is 8.25. The van der Waals surface area contributed by atoms with E-state index >= 15 is 0 Å². The summed E-state index contributed by atoms with van der Waals surface area (Å²) >= 11 is 0. The van der Waals surface area contributed by atoms with Crippen LogP contribution in [-0.4, -0.2) is 43.1 Å². The monoisotopic (exact) mass is 130 g/mol. The minimum atomic E-state index is 0. The van der Waals surface area contributed by atoms with E-state index in [0.717, 1.165) is 13.2 Å². The van der Waals surface area contributed by atoms with Crippen LogP contribution < -0.4 is 0 Å². The van der Waals surface area contributed by atoms with Gasteiger partial charge in [-0.25, -0.2) is 0 Å². The molecule has 0 aromatic carbocycles.